The van der Waals surface area contributed by atoms with Crippen molar-refractivity contribution in [3.63, 3.8) is 0 Å². The smallest absolute Gasteiger partial charge is 0.124 e. The number of hydrogen-bond donors (Lipinski definition) is 1. The van der Waals surface area contributed by atoms with Crippen LogP contribution in [0.3, 0.4) is 0 Å². The molecule has 4 heteroatoms. The van der Waals surface area contributed by atoms with Gasteiger partial charge < -0.3 is 14.8 Å². The van der Waals surface area contributed by atoms with Gasteiger partial charge in [0.25, 0.3) is 0 Å². The summed E-state index contributed by atoms with van der Waals surface area (Å²) in [6.07, 6.45) is 0.229. The standard InChI is InChI=1S/C13H20BrNO2/c1-9(2)17-8-12(15-3)11-6-5-10(14)7-13(11)16-4/h5-7,9,12,15H,8H2,1-4H3. The average Bonchev–Trinajstić information content (AvgIpc) is 2.30. The Hall–Kier alpha value is -0.580. The third-order valence-electron chi connectivity index (χ3n) is 2.52. The molecule has 0 aromatic heterocycles. The Morgan fingerprint density at radius 3 is 2.59 bits per heavy atom. The quantitative estimate of drug-likeness (QED) is 0.875. The van der Waals surface area contributed by atoms with E-state index in [2.05, 4.69) is 21.2 Å². The van der Waals surface area contributed by atoms with Crippen molar-refractivity contribution in [2.45, 2.75) is 26.0 Å². The fraction of sp³-hybridized carbons (Fsp3) is 0.538. The van der Waals surface area contributed by atoms with Crippen LogP contribution in [0.1, 0.15) is 25.5 Å². The molecule has 1 aromatic carbocycles. The summed E-state index contributed by atoms with van der Waals surface area (Å²) in [5.41, 5.74) is 1.11. The fourth-order valence-corrected chi connectivity index (χ4v) is 1.93. The van der Waals surface area contributed by atoms with E-state index in [0.29, 0.717) is 6.61 Å². The lowest BCUT2D eigenvalue weighted by Gasteiger charge is -2.20. The normalized spacial score (nSPS) is 12.8. The van der Waals surface area contributed by atoms with Crippen LogP contribution >= 0.6 is 15.9 Å². The van der Waals surface area contributed by atoms with E-state index in [4.69, 9.17) is 9.47 Å². The number of benzene rings is 1. The largest absolute Gasteiger partial charge is 0.496 e. The number of nitrogens with one attached hydrogen (secondary N) is 1. The van der Waals surface area contributed by atoms with Crippen molar-refractivity contribution in [3.05, 3.63) is 28.2 Å². The van der Waals surface area contributed by atoms with Gasteiger partial charge in [0, 0.05) is 10.0 Å². The second-order valence-corrected chi connectivity index (χ2v) is 5.03. The van der Waals surface area contributed by atoms with Crippen LogP contribution in [0, 0.1) is 0 Å². The topological polar surface area (TPSA) is 30.5 Å². The Bertz CT molecular complexity index is 355. The monoisotopic (exact) mass is 301 g/mol. The number of hydrogen-bond acceptors (Lipinski definition) is 3. The van der Waals surface area contributed by atoms with Crippen molar-refractivity contribution in [3.8, 4) is 5.75 Å². The molecule has 1 aromatic rings. The fourth-order valence-electron chi connectivity index (χ4n) is 1.59. The minimum atomic E-state index is 0.139. The Labute approximate surface area is 112 Å². The highest BCUT2D eigenvalue weighted by molar-refractivity contribution is 9.10. The summed E-state index contributed by atoms with van der Waals surface area (Å²) in [4.78, 5) is 0. The molecule has 1 N–H and O–H groups in total. The molecule has 0 aliphatic carbocycles. The first-order valence-corrected chi connectivity index (χ1v) is 6.50. The summed E-state index contributed by atoms with van der Waals surface area (Å²) in [5, 5.41) is 3.25. The molecule has 1 unspecified atom stereocenters. The van der Waals surface area contributed by atoms with Gasteiger partial charge in [-0.3, -0.25) is 0 Å². The van der Waals surface area contributed by atoms with Crippen LogP contribution in [0.2, 0.25) is 0 Å². The van der Waals surface area contributed by atoms with Gasteiger partial charge in [0.1, 0.15) is 5.75 Å². The van der Waals surface area contributed by atoms with E-state index in [1.54, 1.807) is 7.11 Å². The highest BCUT2D eigenvalue weighted by Gasteiger charge is 2.15. The van der Waals surface area contributed by atoms with Crippen LogP contribution in [0.4, 0.5) is 0 Å². The summed E-state index contributed by atoms with van der Waals surface area (Å²) in [5.74, 6) is 0.867. The predicted octanol–water partition coefficient (Wildman–Crippen LogP) is 3.14. The zero-order valence-corrected chi connectivity index (χ0v) is 12.4. The van der Waals surface area contributed by atoms with E-state index in [1.165, 1.54) is 0 Å². The van der Waals surface area contributed by atoms with Gasteiger partial charge in [-0.05, 0) is 33.0 Å². The minimum Gasteiger partial charge on any atom is -0.496 e. The van der Waals surface area contributed by atoms with E-state index in [9.17, 15) is 0 Å². The van der Waals surface area contributed by atoms with Gasteiger partial charge in [0.15, 0.2) is 0 Å². The molecular weight excluding hydrogens is 282 g/mol. The molecule has 1 atom stereocenters. The van der Waals surface area contributed by atoms with Crippen molar-refractivity contribution < 1.29 is 9.47 Å². The van der Waals surface area contributed by atoms with Gasteiger partial charge >= 0.3 is 0 Å². The zero-order chi connectivity index (χ0) is 12.8. The third-order valence-corrected chi connectivity index (χ3v) is 3.01. The first-order valence-electron chi connectivity index (χ1n) is 5.70. The second-order valence-electron chi connectivity index (χ2n) is 4.11. The van der Waals surface area contributed by atoms with Crippen molar-refractivity contribution >= 4 is 15.9 Å². The van der Waals surface area contributed by atoms with Crippen LogP contribution in [0.25, 0.3) is 0 Å². The molecule has 0 heterocycles. The number of methoxy groups -OCH3 is 1. The molecule has 0 amide bonds. The van der Waals surface area contributed by atoms with E-state index in [-0.39, 0.29) is 12.1 Å². The maximum atomic E-state index is 5.65. The van der Waals surface area contributed by atoms with Gasteiger partial charge in [0.2, 0.25) is 0 Å². The molecule has 0 aliphatic rings. The van der Waals surface area contributed by atoms with E-state index < -0.39 is 0 Å². The van der Waals surface area contributed by atoms with Gasteiger partial charge in [-0.1, -0.05) is 22.0 Å². The SMILES string of the molecule is CNC(COC(C)C)c1ccc(Br)cc1OC. The maximum Gasteiger partial charge on any atom is 0.124 e. The van der Waals surface area contributed by atoms with Crippen molar-refractivity contribution in [1.82, 2.24) is 5.32 Å². The van der Waals surface area contributed by atoms with Gasteiger partial charge in [-0.2, -0.15) is 0 Å². The summed E-state index contributed by atoms with van der Waals surface area (Å²) in [6, 6.07) is 6.17. The van der Waals surface area contributed by atoms with Crippen LogP contribution in [0.15, 0.2) is 22.7 Å². The predicted molar refractivity (Wildman–Crippen MR) is 73.6 cm³/mol. The highest BCUT2D eigenvalue weighted by Crippen LogP contribution is 2.28. The Kier molecular flexibility index (Phi) is 5.95. The number of likely N-dealkylation sites (N-methyl/N-ethyl adjacent to an activating group) is 1. The molecule has 0 aliphatic heterocycles. The van der Waals surface area contributed by atoms with E-state index >= 15 is 0 Å². The van der Waals surface area contributed by atoms with Gasteiger partial charge in [-0.15, -0.1) is 0 Å². The Morgan fingerprint density at radius 2 is 2.06 bits per heavy atom. The second kappa shape index (κ2) is 6.99. The molecule has 0 radical (unpaired) electrons. The summed E-state index contributed by atoms with van der Waals surface area (Å²) >= 11 is 3.44. The van der Waals surface area contributed by atoms with Crippen LogP contribution in [-0.4, -0.2) is 26.9 Å². The molecule has 1 rings (SSSR count). The lowest BCUT2D eigenvalue weighted by Crippen LogP contribution is -2.24. The zero-order valence-electron chi connectivity index (χ0n) is 10.8. The molecule has 0 bridgehead atoms. The van der Waals surface area contributed by atoms with Crippen molar-refractivity contribution in [2.24, 2.45) is 0 Å². The van der Waals surface area contributed by atoms with Crippen molar-refractivity contribution in [2.75, 3.05) is 20.8 Å². The highest BCUT2D eigenvalue weighted by atomic mass is 79.9. The van der Waals surface area contributed by atoms with Crippen LogP contribution in [0.5, 0.6) is 5.75 Å². The average molecular weight is 302 g/mol. The summed E-state index contributed by atoms with van der Waals surface area (Å²) < 4.78 is 12.1. The minimum absolute atomic E-state index is 0.139. The van der Waals surface area contributed by atoms with Gasteiger partial charge in [0.05, 0.1) is 25.9 Å². The lowest BCUT2D eigenvalue weighted by molar-refractivity contribution is 0.0621. The van der Waals surface area contributed by atoms with Gasteiger partial charge in [-0.25, -0.2) is 0 Å². The molecule has 0 saturated carbocycles. The molecule has 3 nitrogen and oxygen atoms in total. The third kappa shape index (κ3) is 4.30. The van der Waals surface area contributed by atoms with Crippen LogP contribution in [-0.2, 0) is 4.74 Å². The first-order chi connectivity index (χ1) is 8.08. The number of halogens is 1. The Balaban J connectivity index is 2.87. The molecule has 17 heavy (non-hydrogen) atoms. The maximum absolute atomic E-state index is 5.65. The first kappa shape index (κ1) is 14.5. The van der Waals surface area contributed by atoms with E-state index in [1.807, 2.05) is 39.1 Å². The Morgan fingerprint density at radius 1 is 1.35 bits per heavy atom. The molecule has 0 fully saturated rings. The number of rotatable bonds is 6. The van der Waals surface area contributed by atoms with Crippen molar-refractivity contribution in [1.29, 1.82) is 0 Å². The number of ether oxygens (including phenoxy) is 2. The molecular formula is C13H20BrNO2. The van der Waals surface area contributed by atoms with E-state index in [0.717, 1.165) is 15.8 Å². The van der Waals surface area contributed by atoms with Crippen LogP contribution < -0.4 is 10.1 Å². The lowest BCUT2D eigenvalue weighted by atomic mass is 10.1. The summed E-state index contributed by atoms with van der Waals surface area (Å²) in [7, 11) is 3.61. The summed E-state index contributed by atoms with van der Waals surface area (Å²) in [6.45, 7) is 4.70. The molecule has 0 spiro atoms. The molecule has 96 valence electrons. The molecule has 0 saturated heterocycles.